The van der Waals surface area contributed by atoms with Crippen molar-refractivity contribution in [3.05, 3.63) is 33.4 Å². The zero-order chi connectivity index (χ0) is 11.8. The predicted molar refractivity (Wildman–Crippen MR) is 76.1 cm³/mol. The zero-order valence-corrected chi connectivity index (χ0v) is 11.9. The molecular weight excluding hydrogens is 336 g/mol. The third kappa shape index (κ3) is 4.70. The van der Waals surface area contributed by atoms with Crippen LogP contribution in [0.3, 0.4) is 0 Å². The Morgan fingerprint density at radius 3 is 2.69 bits per heavy atom. The van der Waals surface area contributed by atoms with E-state index in [1.54, 1.807) is 0 Å². The number of nitrogens with one attached hydrogen (secondary N) is 1. The molecule has 0 saturated heterocycles. The number of carbonyl (C=O) groups is 1. The summed E-state index contributed by atoms with van der Waals surface area (Å²) >= 11 is 7.74. The molecule has 1 aromatic carbocycles. The van der Waals surface area contributed by atoms with Gasteiger partial charge in [-0.05, 0) is 47.6 Å². The molecule has 0 aliphatic rings. The van der Waals surface area contributed by atoms with Crippen LogP contribution < -0.4 is 5.32 Å². The van der Waals surface area contributed by atoms with Gasteiger partial charge in [0, 0.05) is 16.0 Å². The number of carbonyl (C=O) groups excluding carboxylic acids is 1. The number of alkyl halides is 1. The number of halogens is 2. The fraction of sp³-hybridized carbons (Fsp3) is 0.417. The van der Waals surface area contributed by atoms with E-state index in [1.807, 2.05) is 24.3 Å². The van der Waals surface area contributed by atoms with Gasteiger partial charge in [0.05, 0.1) is 5.56 Å². The van der Waals surface area contributed by atoms with Crippen LogP contribution in [0, 0.1) is 3.57 Å². The first kappa shape index (κ1) is 13.8. The number of unbranched alkanes of at least 4 members (excludes halogenated alkanes) is 2. The summed E-state index contributed by atoms with van der Waals surface area (Å²) in [5.74, 6) is 0.709. The van der Waals surface area contributed by atoms with Crippen molar-refractivity contribution in [1.29, 1.82) is 0 Å². The maximum absolute atomic E-state index is 11.8. The fourth-order valence-electron chi connectivity index (χ4n) is 1.34. The normalized spacial score (nSPS) is 10.1. The van der Waals surface area contributed by atoms with Crippen LogP contribution in [-0.4, -0.2) is 18.3 Å². The van der Waals surface area contributed by atoms with Crippen LogP contribution >= 0.6 is 34.2 Å². The second-order valence-corrected chi connectivity index (χ2v) is 5.03. The van der Waals surface area contributed by atoms with Crippen LogP contribution in [0.4, 0.5) is 0 Å². The number of amides is 1. The zero-order valence-electron chi connectivity index (χ0n) is 9.01. The lowest BCUT2D eigenvalue weighted by Gasteiger charge is -2.06. The first-order valence-electron chi connectivity index (χ1n) is 5.34. The van der Waals surface area contributed by atoms with E-state index in [-0.39, 0.29) is 5.91 Å². The second-order valence-electron chi connectivity index (χ2n) is 3.49. The van der Waals surface area contributed by atoms with E-state index in [4.69, 9.17) is 11.6 Å². The minimum Gasteiger partial charge on any atom is -0.352 e. The molecule has 4 heteroatoms. The standard InChI is InChI=1S/C12H15ClINO/c13-8-4-1-5-9-15-12(16)10-6-2-3-7-11(10)14/h2-3,6-7H,1,4-5,8-9H2,(H,15,16). The van der Waals surface area contributed by atoms with Gasteiger partial charge in [0.1, 0.15) is 0 Å². The lowest BCUT2D eigenvalue weighted by molar-refractivity contribution is 0.0952. The summed E-state index contributed by atoms with van der Waals surface area (Å²) in [7, 11) is 0. The van der Waals surface area contributed by atoms with Gasteiger partial charge in [0.15, 0.2) is 0 Å². The first-order chi connectivity index (χ1) is 7.75. The average Bonchev–Trinajstić information content (AvgIpc) is 2.29. The highest BCUT2D eigenvalue weighted by molar-refractivity contribution is 14.1. The summed E-state index contributed by atoms with van der Waals surface area (Å²) in [5.41, 5.74) is 0.750. The Hall–Kier alpha value is -0.290. The Bertz CT molecular complexity index is 344. The van der Waals surface area contributed by atoms with Gasteiger partial charge in [-0.25, -0.2) is 0 Å². The lowest BCUT2D eigenvalue weighted by Crippen LogP contribution is -2.25. The maximum Gasteiger partial charge on any atom is 0.252 e. The molecule has 1 rings (SSSR count). The van der Waals surface area contributed by atoms with Crippen LogP contribution in [-0.2, 0) is 0 Å². The van der Waals surface area contributed by atoms with Crippen LogP contribution in [0.15, 0.2) is 24.3 Å². The molecule has 0 atom stereocenters. The topological polar surface area (TPSA) is 29.1 Å². The molecule has 0 saturated carbocycles. The molecule has 0 aliphatic heterocycles. The van der Waals surface area contributed by atoms with E-state index < -0.39 is 0 Å². The second kappa shape index (κ2) is 7.90. The van der Waals surface area contributed by atoms with Crippen molar-refractivity contribution in [2.45, 2.75) is 19.3 Å². The predicted octanol–water partition coefficient (Wildman–Crippen LogP) is 3.43. The highest BCUT2D eigenvalue weighted by Crippen LogP contribution is 2.10. The first-order valence-corrected chi connectivity index (χ1v) is 6.95. The molecule has 1 N–H and O–H groups in total. The summed E-state index contributed by atoms with van der Waals surface area (Å²) in [5, 5.41) is 2.91. The van der Waals surface area contributed by atoms with E-state index in [0.717, 1.165) is 34.9 Å². The molecule has 0 aliphatic carbocycles. The van der Waals surface area contributed by atoms with Crippen LogP contribution in [0.25, 0.3) is 0 Å². The minimum absolute atomic E-state index is 0.0101. The van der Waals surface area contributed by atoms with Gasteiger partial charge in [-0.1, -0.05) is 18.6 Å². The molecule has 0 radical (unpaired) electrons. The molecule has 0 unspecified atom stereocenters. The van der Waals surface area contributed by atoms with Gasteiger partial charge < -0.3 is 5.32 Å². The van der Waals surface area contributed by atoms with Gasteiger partial charge in [-0.3, -0.25) is 4.79 Å². The van der Waals surface area contributed by atoms with Crippen molar-refractivity contribution < 1.29 is 4.79 Å². The van der Waals surface area contributed by atoms with E-state index >= 15 is 0 Å². The van der Waals surface area contributed by atoms with Gasteiger partial charge in [0.25, 0.3) is 5.91 Å². The summed E-state index contributed by atoms with van der Waals surface area (Å²) in [6.07, 6.45) is 3.07. The Labute approximate surface area is 115 Å². The molecule has 1 amide bonds. The Morgan fingerprint density at radius 2 is 2.00 bits per heavy atom. The summed E-state index contributed by atoms with van der Waals surface area (Å²) < 4.78 is 0.985. The maximum atomic E-state index is 11.8. The largest absolute Gasteiger partial charge is 0.352 e. The SMILES string of the molecule is O=C(NCCCCCCl)c1ccccc1I. The lowest BCUT2D eigenvalue weighted by atomic mass is 10.2. The van der Waals surface area contributed by atoms with Crippen molar-refractivity contribution >= 4 is 40.1 Å². The smallest absolute Gasteiger partial charge is 0.252 e. The van der Waals surface area contributed by atoms with Crippen molar-refractivity contribution in [2.75, 3.05) is 12.4 Å². The van der Waals surface area contributed by atoms with Crippen molar-refractivity contribution in [3.63, 3.8) is 0 Å². The molecule has 16 heavy (non-hydrogen) atoms. The highest BCUT2D eigenvalue weighted by atomic mass is 127. The monoisotopic (exact) mass is 351 g/mol. The van der Waals surface area contributed by atoms with Crippen molar-refractivity contribution in [1.82, 2.24) is 5.32 Å². The van der Waals surface area contributed by atoms with Crippen molar-refractivity contribution in [2.24, 2.45) is 0 Å². The van der Waals surface area contributed by atoms with Gasteiger partial charge >= 0.3 is 0 Å². The number of hydrogen-bond donors (Lipinski definition) is 1. The molecule has 88 valence electrons. The van der Waals surface area contributed by atoms with E-state index in [2.05, 4.69) is 27.9 Å². The molecular formula is C12H15ClINO. The number of rotatable bonds is 6. The molecule has 0 bridgehead atoms. The minimum atomic E-state index is 0.0101. The molecule has 0 fully saturated rings. The Balaban J connectivity index is 2.33. The third-order valence-electron chi connectivity index (χ3n) is 2.21. The Morgan fingerprint density at radius 1 is 1.25 bits per heavy atom. The van der Waals surface area contributed by atoms with Crippen LogP contribution in [0.1, 0.15) is 29.6 Å². The molecule has 1 aromatic rings. The molecule has 0 spiro atoms. The van der Waals surface area contributed by atoms with Gasteiger partial charge in [-0.15, -0.1) is 11.6 Å². The van der Waals surface area contributed by atoms with Crippen molar-refractivity contribution in [3.8, 4) is 0 Å². The summed E-state index contributed by atoms with van der Waals surface area (Å²) in [6.45, 7) is 0.723. The highest BCUT2D eigenvalue weighted by Gasteiger charge is 2.07. The summed E-state index contributed by atoms with van der Waals surface area (Å²) in [6, 6.07) is 7.59. The van der Waals surface area contributed by atoms with Gasteiger partial charge in [0.2, 0.25) is 0 Å². The van der Waals surface area contributed by atoms with Crippen LogP contribution in [0.5, 0.6) is 0 Å². The van der Waals surface area contributed by atoms with E-state index in [0.29, 0.717) is 5.88 Å². The molecule has 0 aromatic heterocycles. The number of benzene rings is 1. The average molecular weight is 352 g/mol. The molecule has 0 heterocycles. The van der Waals surface area contributed by atoms with Crippen LogP contribution in [0.2, 0.25) is 0 Å². The summed E-state index contributed by atoms with van der Waals surface area (Å²) in [4.78, 5) is 11.8. The fourth-order valence-corrected chi connectivity index (χ4v) is 2.16. The van der Waals surface area contributed by atoms with Gasteiger partial charge in [-0.2, -0.15) is 0 Å². The Kier molecular flexibility index (Phi) is 6.80. The third-order valence-corrected chi connectivity index (χ3v) is 3.42. The van der Waals surface area contributed by atoms with E-state index in [1.165, 1.54) is 0 Å². The van der Waals surface area contributed by atoms with E-state index in [9.17, 15) is 4.79 Å². The quantitative estimate of drug-likeness (QED) is 0.475. The number of hydrogen-bond acceptors (Lipinski definition) is 1. The molecule has 2 nitrogen and oxygen atoms in total.